The number of hydrogen-bond acceptors (Lipinski definition) is 1. The monoisotopic (exact) mass is 127 g/mol. The predicted octanol–water partition coefficient (Wildman–Crippen LogP) is 1.76. The van der Waals surface area contributed by atoms with Crippen LogP contribution in [0.5, 0.6) is 0 Å². The molecule has 1 saturated carbocycles. The van der Waals surface area contributed by atoms with E-state index in [0.29, 0.717) is 5.92 Å². The zero-order valence-corrected chi connectivity index (χ0v) is 6.01. The molecule has 0 aromatic carbocycles. The van der Waals surface area contributed by atoms with Crippen molar-refractivity contribution in [1.82, 2.24) is 0 Å². The van der Waals surface area contributed by atoms with Crippen molar-refractivity contribution >= 4 is 0 Å². The molecule has 0 aromatic rings. The first kappa shape index (κ1) is 7.07. The van der Waals surface area contributed by atoms with Gasteiger partial charge >= 0.3 is 0 Å². The number of rotatable bonds is 1. The maximum absolute atomic E-state index is 9.34. The molecule has 1 N–H and O–H groups in total. The summed E-state index contributed by atoms with van der Waals surface area (Å²) in [5.74, 6) is 0.485. The molecule has 1 aliphatic rings. The zero-order valence-electron chi connectivity index (χ0n) is 6.01. The van der Waals surface area contributed by atoms with Gasteiger partial charge in [-0.2, -0.15) is 0 Å². The molecule has 9 heavy (non-hydrogen) atoms. The summed E-state index contributed by atoms with van der Waals surface area (Å²) in [4.78, 5) is 0. The van der Waals surface area contributed by atoms with E-state index in [4.69, 9.17) is 0 Å². The van der Waals surface area contributed by atoms with Crippen molar-refractivity contribution < 1.29 is 5.11 Å². The van der Waals surface area contributed by atoms with Gasteiger partial charge in [0.2, 0.25) is 0 Å². The van der Waals surface area contributed by atoms with Crippen LogP contribution in [-0.4, -0.2) is 11.2 Å². The van der Waals surface area contributed by atoms with Gasteiger partial charge in [0.1, 0.15) is 0 Å². The predicted molar refractivity (Wildman–Crippen MR) is 37.9 cm³/mol. The maximum Gasteiger partial charge on any atom is 0.0571 e. The highest BCUT2D eigenvalue weighted by atomic mass is 16.3. The zero-order chi connectivity index (χ0) is 6.69. The van der Waals surface area contributed by atoms with Crippen LogP contribution in [0.15, 0.2) is 0 Å². The Morgan fingerprint density at radius 3 is 2.89 bits per heavy atom. The van der Waals surface area contributed by atoms with E-state index in [-0.39, 0.29) is 6.10 Å². The average Bonchev–Trinajstić information content (AvgIpc) is 1.89. The van der Waals surface area contributed by atoms with E-state index in [1.54, 1.807) is 0 Å². The van der Waals surface area contributed by atoms with Crippen molar-refractivity contribution in [1.29, 1.82) is 0 Å². The first-order valence-corrected chi connectivity index (χ1v) is 3.86. The fourth-order valence-corrected chi connectivity index (χ4v) is 1.47. The minimum atomic E-state index is -0.0382. The summed E-state index contributed by atoms with van der Waals surface area (Å²) >= 11 is 0. The molecule has 53 valence electrons. The third kappa shape index (κ3) is 1.68. The van der Waals surface area contributed by atoms with Gasteiger partial charge in [0.15, 0.2) is 0 Å². The molecule has 1 rings (SSSR count). The topological polar surface area (TPSA) is 20.2 Å². The van der Waals surface area contributed by atoms with E-state index < -0.39 is 0 Å². The van der Waals surface area contributed by atoms with Crippen LogP contribution in [0.25, 0.3) is 0 Å². The molecule has 0 aliphatic heterocycles. The molecule has 0 amide bonds. The highest BCUT2D eigenvalue weighted by Gasteiger charge is 2.20. The maximum atomic E-state index is 9.34. The SMILES string of the molecule is CCC1[CH]CCCC1O. The van der Waals surface area contributed by atoms with Crippen LogP contribution in [0.4, 0.5) is 0 Å². The van der Waals surface area contributed by atoms with Crippen LogP contribution in [0.2, 0.25) is 0 Å². The Bertz CT molecular complexity index is 80.6. The van der Waals surface area contributed by atoms with Gasteiger partial charge in [-0.05, 0) is 25.2 Å². The molecule has 0 spiro atoms. The van der Waals surface area contributed by atoms with Crippen LogP contribution in [-0.2, 0) is 0 Å². The van der Waals surface area contributed by atoms with Gasteiger partial charge in [0, 0.05) is 0 Å². The normalized spacial score (nSPS) is 36.7. The molecule has 1 heteroatoms. The van der Waals surface area contributed by atoms with Crippen molar-refractivity contribution in [3.8, 4) is 0 Å². The molecule has 0 bridgehead atoms. The number of aliphatic hydroxyl groups is 1. The van der Waals surface area contributed by atoms with Gasteiger partial charge in [-0.1, -0.05) is 19.8 Å². The van der Waals surface area contributed by atoms with Gasteiger partial charge < -0.3 is 5.11 Å². The first-order valence-electron chi connectivity index (χ1n) is 3.86. The summed E-state index contributed by atoms with van der Waals surface area (Å²) in [5, 5.41) is 9.34. The summed E-state index contributed by atoms with van der Waals surface area (Å²) in [6.45, 7) is 2.13. The lowest BCUT2D eigenvalue weighted by atomic mass is 9.85. The fraction of sp³-hybridized carbons (Fsp3) is 0.875. The molecule has 1 aliphatic carbocycles. The summed E-state index contributed by atoms with van der Waals surface area (Å²) in [5.41, 5.74) is 0. The second-order valence-corrected chi connectivity index (χ2v) is 2.81. The molecule has 1 fully saturated rings. The quantitative estimate of drug-likeness (QED) is 0.569. The Morgan fingerprint density at radius 2 is 2.44 bits per heavy atom. The third-order valence-corrected chi connectivity index (χ3v) is 2.14. The number of aliphatic hydroxyl groups excluding tert-OH is 1. The summed E-state index contributed by atoms with van der Waals surface area (Å²) in [6.07, 6.45) is 6.71. The molecular formula is C8H15O. The Hall–Kier alpha value is -0.0400. The smallest absolute Gasteiger partial charge is 0.0571 e. The minimum absolute atomic E-state index is 0.0382. The second kappa shape index (κ2) is 3.21. The average molecular weight is 127 g/mol. The van der Waals surface area contributed by atoms with Crippen molar-refractivity contribution in [3.63, 3.8) is 0 Å². The molecule has 2 unspecified atom stereocenters. The Morgan fingerprint density at radius 1 is 1.67 bits per heavy atom. The summed E-state index contributed by atoms with van der Waals surface area (Å²) in [7, 11) is 0. The van der Waals surface area contributed by atoms with Gasteiger partial charge in [-0.3, -0.25) is 0 Å². The van der Waals surface area contributed by atoms with E-state index in [1.807, 2.05) is 0 Å². The largest absolute Gasteiger partial charge is 0.393 e. The van der Waals surface area contributed by atoms with Crippen LogP contribution < -0.4 is 0 Å². The highest BCUT2D eigenvalue weighted by molar-refractivity contribution is 4.85. The molecule has 2 atom stereocenters. The fourth-order valence-electron chi connectivity index (χ4n) is 1.47. The molecular weight excluding hydrogens is 112 g/mol. The Balaban J connectivity index is 2.30. The van der Waals surface area contributed by atoms with Gasteiger partial charge in [-0.25, -0.2) is 0 Å². The lowest BCUT2D eigenvalue weighted by Gasteiger charge is -2.25. The number of hydrogen-bond donors (Lipinski definition) is 1. The lowest BCUT2D eigenvalue weighted by molar-refractivity contribution is 0.0933. The van der Waals surface area contributed by atoms with Crippen molar-refractivity contribution in [2.45, 2.75) is 38.7 Å². The van der Waals surface area contributed by atoms with Gasteiger partial charge in [-0.15, -0.1) is 0 Å². The van der Waals surface area contributed by atoms with E-state index in [0.717, 1.165) is 12.8 Å². The first-order chi connectivity index (χ1) is 4.34. The highest BCUT2D eigenvalue weighted by Crippen LogP contribution is 2.25. The molecule has 0 saturated heterocycles. The van der Waals surface area contributed by atoms with Crippen LogP contribution in [0.3, 0.4) is 0 Å². The molecule has 0 aromatic heterocycles. The van der Waals surface area contributed by atoms with E-state index in [2.05, 4.69) is 13.3 Å². The van der Waals surface area contributed by atoms with Crippen molar-refractivity contribution in [2.75, 3.05) is 0 Å². The van der Waals surface area contributed by atoms with Crippen molar-refractivity contribution in [2.24, 2.45) is 5.92 Å². The lowest BCUT2D eigenvalue weighted by Crippen LogP contribution is -2.23. The molecule has 1 radical (unpaired) electrons. The van der Waals surface area contributed by atoms with E-state index in [9.17, 15) is 5.11 Å². The molecule has 0 heterocycles. The molecule has 1 nitrogen and oxygen atoms in total. The Kier molecular flexibility index (Phi) is 2.52. The van der Waals surface area contributed by atoms with Gasteiger partial charge in [0.05, 0.1) is 6.10 Å². The minimum Gasteiger partial charge on any atom is -0.393 e. The van der Waals surface area contributed by atoms with Gasteiger partial charge in [0.25, 0.3) is 0 Å². The van der Waals surface area contributed by atoms with Crippen LogP contribution >= 0.6 is 0 Å². The summed E-state index contributed by atoms with van der Waals surface area (Å²) < 4.78 is 0. The van der Waals surface area contributed by atoms with Crippen LogP contribution in [0.1, 0.15) is 32.6 Å². The third-order valence-electron chi connectivity index (χ3n) is 2.14. The standard InChI is InChI=1S/C8H15O/c1-2-7-5-3-4-6-8(7)9/h5,7-9H,2-4,6H2,1H3. The van der Waals surface area contributed by atoms with Crippen molar-refractivity contribution in [3.05, 3.63) is 6.42 Å². The van der Waals surface area contributed by atoms with Crippen LogP contribution in [0, 0.1) is 12.3 Å². The second-order valence-electron chi connectivity index (χ2n) is 2.81. The Labute approximate surface area is 57.1 Å². The van der Waals surface area contributed by atoms with E-state index in [1.165, 1.54) is 12.8 Å². The summed E-state index contributed by atoms with van der Waals surface area (Å²) in [6, 6.07) is 0. The van der Waals surface area contributed by atoms with E-state index >= 15 is 0 Å².